The van der Waals surface area contributed by atoms with Crippen molar-refractivity contribution in [3.05, 3.63) is 53.8 Å². The Morgan fingerprint density at radius 1 is 0.913 bits per heavy atom. The molecular weight excluding hydrogens is 334 g/mol. The molecule has 10 heteroatoms. The second-order valence-electron chi connectivity index (χ2n) is 4.58. The second kappa shape index (κ2) is 5.66. The first kappa shape index (κ1) is 15.5. The van der Waals surface area contributed by atoms with E-state index in [1.54, 1.807) is 9.26 Å². The van der Waals surface area contributed by atoms with Crippen LogP contribution in [-0.2, 0) is 0 Å². The maximum atomic E-state index is 9.75. The fourth-order valence-electron chi connectivity index (χ4n) is 2.32. The van der Waals surface area contributed by atoms with Crippen molar-refractivity contribution in [2.45, 2.75) is 0 Å². The number of rotatable bonds is 0. The Hall–Kier alpha value is -2.42. The fraction of sp³-hybridized carbons (Fsp3) is 0. The molecule has 0 fully saturated rings. The quantitative estimate of drug-likeness (QED) is 0.212. The lowest BCUT2D eigenvalue weighted by molar-refractivity contribution is -0.652. The molecule has 0 radical (unpaired) electrons. The predicted molar refractivity (Wildman–Crippen MR) is 78.8 cm³/mol. The molecule has 0 saturated carbocycles. The van der Waals surface area contributed by atoms with Crippen molar-refractivity contribution in [3.8, 4) is 0 Å². The molecule has 118 valence electrons. The zero-order chi connectivity index (χ0) is 16.6. The zero-order valence-electron chi connectivity index (χ0n) is 11.4. The minimum Gasteiger partial charge on any atom is -0.418 e. The van der Waals surface area contributed by atoms with E-state index in [0.717, 1.165) is 21.8 Å². The predicted octanol–water partition coefficient (Wildman–Crippen LogP) is 3.57. The first-order valence-corrected chi connectivity index (χ1v) is 6.84. The molecule has 2 aromatic carbocycles. The van der Waals surface area contributed by atoms with Gasteiger partial charge in [-0.25, -0.2) is 0 Å². The normalized spacial score (nSPS) is 11.7. The molecule has 2 heterocycles. The number of halogens is 5. The highest BCUT2D eigenvalue weighted by Crippen LogP contribution is 2.21. The number of para-hydroxylation sites is 2. The van der Waals surface area contributed by atoms with Gasteiger partial charge in [0.15, 0.2) is 5.52 Å². The van der Waals surface area contributed by atoms with Crippen LogP contribution in [0.5, 0.6) is 0 Å². The molecule has 4 rings (SSSR count). The largest absolute Gasteiger partial charge is 0.673 e. The Morgan fingerprint density at radius 2 is 1.48 bits per heavy atom. The SMILES string of the molecule is Clc1nn2c3ccccc3c3ccccc3[n+]2n1.F[B-](F)(F)F. The minimum absolute atomic E-state index is 0.238. The van der Waals surface area contributed by atoms with E-state index in [4.69, 9.17) is 11.6 Å². The maximum absolute atomic E-state index is 9.75. The van der Waals surface area contributed by atoms with Crippen LogP contribution in [0.15, 0.2) is 48.5 Å². The molecule has 23 heavy (non-hydrogen) atoms. The van der Waals surface area contributed by atoms with Crippen LogP contribution >= 0.6 is 11.6 Å². The smallest absolute Gasteiger partial charge is 0.418 e. The number of nitrogens with zero attached hydrogens (tertiary/aromatic N) is 4. The van der Waals surface area contributed by atoms with Crippen LogP contribution in [0.1, 0.15) is 0 Å². The van der Waals surface area contributed by atoms with Gasteiger partial charge in [0.05, 0.1) is 5.10 Å². The second-order valence-corrected chi connectivity index (χ2v) is 4.92. The molecule has 0 amide bonds. The topological polar surface area (TPSA) is 34.3 Å². The van der Waals surface area contributed by atoms with Crippen LogP contribution in [0.4, 0.5) is 17.3 Å². The molecule has 0 spiro atoms. The van der Waals surface area contributed by atoms with E-state index in [9.17, 15) is 17.3 Å². The van der Waals surface area contributed by atoms with Crippen molar-refractivity contribution in [1.29, 1.82) is 0 Å². The average molecular weight is 342 g/mol. The Kier molecular flexibility index (Phi) is 3.81. The van der Waals surface area contributed by atoms with Gasteiger partial charge < -0.3 is 17.3 Å². The Balaban J connectivity index is 0.000000276. The lowest BCUT2D eigenvalue weighted by Crippen LogP contribution is -2.33. The van der Waals surface area contributed by atoms with Gasteiger partial charge in [-0.3, -0.25) is 0 Å². The van der Waals surface area contributed by atoms with Gasteiger partial charge in [-0.05, 0) is 34.4 Å². The first-order valence-electron chi connectivity index (χ1n) is 6.46. The van der Waals surface area contributed by atoms with Crippen LogP contribution in [0.2, 0.25) is 5.28 Å². The molecule has 0 bridgehead atoms. The molecular formula is C13H8BClF4N4. The third-order valence-electron chi connectivity index (χ3n) is 3.06. The molecule has 0 unspecified atom stereocenters. The van der Waals surface area contributed by atoms with Crippen molar-refractivity contribution < 1.29 is 21.9 Å². The van der Waals surface area contributed by atoms with Crippen molar-refractivity contribution in [2.24, 2.45) is 0 Å². The molecule has 0 N–H and O–H groups in total. The molecule has 0 aliphatic heterocycles. The third kappa shape index (κ3) is 3.19. The molecule has 0 aliphatic carbocycles. The number of hydrogen-bond acceptors (Lipinski definition) is 2. The summed E-state index contributed by atoms with van der Waals surface area (Å²) in [6.07, 6.45) is 0. The zero-order valence-corrected chi connectivity index (χ0v) is 12.1. The van der Waals surface area contributed by atoms with Crippen molar-refractivity contribution >= 4 is 40.7 Å². The van der Waals surface area contributed by atoms with E-state index in [0.29, 0.717) is 0 Å². The van der Waals surface area contributed by atoms with Gasteiger partial charge in [0.25, 0.3) is 0 Å². The Bertz CT molecular complexity index is 923. The summed E-state index contributed by atoms with van der Waals surface area (Å²) < 4.78 is 42.4. The van der Waals surface area contributed by atoms with Gasteiger partial charge in [-0.2, -0.15) is 0 Å². The lowest BCUT2D eigenvalue weighted by Gasteiger charge is -2.00. The summed E-state index contributed by atoms with van der Waals surface area (Å²) >= 11 is 5.92. The lowest BCUT2D eigenvalue weighted by atomic mass is 10.1. The monoisotopic (exact) mass is 342 g/mol. The van der Waals surface area contributed by atoms with Gasteiger partial charge >= 0.3 is 12.5 Å². The van der Waals surface area contributed by atoms with E-state index >= 15 is 0 Å². The summed E-state index contributed by atoms with van der Waals surface area (Å²) in [7, 11) is -6.00. The summed E-state index contributed by atoms with van der Waals surface area (Å²) in [5, 5.41) is 11.0. The van der Waals surface area contributed by atoms with E-state index in [1.165, 1.54) is 0 Å². The summed E-state index contributed by atoms with van der Waals surface area (Å²) in [5.74, 6) is 0. The maximum Gasteiger partial charge on any atom is 0.673 e. The summed E-state index contributed by atoms with van der Waals surface area (Å²) in [6.45, 7) is 0. The fourth-order valence-corrected chi connectivity index (χ4v) is 2.47. The highest BCUT2D eigenvalue weighted by atomic mass is 35.5. The van der Waals surface area contributed by atoms with Gasteiger partial charge in [0.2, 0.25) is 0 Å². The minimum atomic E-state index is -6.00. The average Bonchev–Trinajstić information content (AvgIpc) is 2.88. The Labute approximate surface area is 132 Å². The van der Waals surface area contributed by atoms with Gasteiger partial charge in [0, 0.05) is 20.5 Å². The third-order valence-corrected chi connectivity index (χ3v) is 3.21. The van der Waals surface area contributed by atoms with Gasteiger partial charge in [0.1, 0.15) is 5.52 Å². The van der Waals surface area contributed by atoms with Crippen LogP contribution in [0.3, 0.4) is 0 Å². The van der Waals surface area contributed by atoms with E-state index in [-0.39, 0.29) is 5.28 Å². The summed E-state index contributed by atoms with van der Waals surface area (Å²) in [4.78, 5) is 0. The summed E-state index contributed by atoms with van der Waals surface area (Å²) in [6, 6.07) is 16.2. The molecule has 2 aromatic heterocycles. The highest BCUT2D eigenvalue weighted by Gasteiger charge is 2.20. The number of benzene rings is 2. The van der Waals surface area contributed by atoms with Crippen LogP contribution in [0, 0.1) is 0 Å². The molecule has 4 nitrogen and oxygen atoms in total. The van der Waals surface area contributed by atoms with Crippen molar-refractivity contribution in [3.63, 3.8) is 0 Å². The van der Waals surface area contributed by atoms with E-state index in [2.05, 4.69) is 22.3 Å². The van der Waals surface area contributed by atoms with Crippen molar-refractivity contribution in [1.82, 2.24) is 14.8 Å². The van der Waals surface area contributed by atoms with E-state index in [1.807, 2.05) is 36.4 Å². The summed E-state index contributed by atoms with van der Waals surface area (Å²) in [5.41, 5.74) is 1.96. The Morgan fingerprint density at radius 3 is 2.17 bits per heavy atom. The number of tetrazole rings is 1. The van der Waals surface area contributed by atoms with Crippen LogP contribution < -0.4 is 4.63 Å². The first-order chi connectivity index (χ1) is 10.8. The van der Waals surface area contributed by atoms with Crippen LogP contribution in [0.25, 0.3) is 21.8 Å². The van der Waals surface area contributed by atoms with Crippen LogP contribution in [-0.4, -0.2) is 22.1 Å². The molecule has 0 aliphatic rings. The molecule has 0 atom stereocenters. The van der Waals surface area contributed by atoms with Gasteiger partial charge in [-0.15, -0.1) is 0 Å². The van der Waals surface area contributed by atoms with E-state index < -0.39 is 7.25 Å². The highest BCUT2D eigenvalue weighted by molar-refractivity contribution is 6.50. The molecule has 0 saturated heterocycles. The number of fused-ring (bicyclic) bond motifs is 6. The standard InChI is InChI=1S/C13H8ClN4.BF4/c14-13-15-17-11-7-3-1-5-9(11)10-6-2-4-8-12(10)18(17)16-13;2-1(3,4)5/h1-8H;/q+1;-1. The number of aromatic nitrogens is 4. The molecule has 4 aromatic rings. The number of hydrogen-bond donors (Lipinski definition) is 0. The van der Waals surface area contributed by atoms with Gasteiger partial charge in [-0.1, -0.05) is 30.3 Å². The van der Waals surface area contributed by atoms with Crippen molar-refractivity contribution in [2.75, 3.05) is 0 Å².